The van der Waals surface area contributed by atoms with Gasteiger partial charge in [0.15, 0.2) is 15.6 Å². The zero-order chi connectivity index (χ0) is 19.2. The van der Waals surface area contributed by atoms with Gasteiger partial charge in [-0.15, -0.1) is 0 Å². The quantitative estimate of drug-likeness (QED) is 0.664. The Hall–Kier alpha value is -2.57. The molecule has 138 valence electrons. The highest BCUT2D eigenvalue weighted by molar-refractivity contribution is 7.91. The van der Waals surface area contributed by atoms with Crippen LogP contribution in [0.1, 0.15) is 19.0 Å². The number of amides is 1. The summed E-state index contributed by atoms with van der Waals surface area (Å²) >= 11 is 0.813. The molecule has 2 aliphatic rings. The lowest BCUT2D eigenvalue weighted by Gasteiger charge is -2.24. The van der Waals surface area contributed by atoms with Crippen molar-refractivity contribution in [3.05, 3.63) is 29.1 Å². The van der Waals surface area contributed by atoms with Gasteiger partial charge in [-0.1, -0.05) is 17.4 Å². The number of hydrogen-bond donors (Lipinski definition) is 3. The number of carboxylic acids is 1. The van der Waals surface area contributed by atoms with Gasteiger partial charge in [-0.2, -0.15) is 8.42 Å². The van der Waals surface area contributed by atoms with Crippen molar-refractivity contribution >= 4 is 44.1 Å². The van der Waals surface area contributed by atoms with Gasteiger partial charge in [-0.3, -0.25) is 10.5 Å². The molecule has 1 aromatic heterocycles. The van der Waals surface area contributed by atoms with Gasteiger partial charge in [0, 0.05) is 12.5 Å². The zero-order valence-corrected chi connectivity index (χ0v) is 15.4. The molecule has 0 saturated carbocycles. The number of carbonyl (C=O) groups excluding carboxylic acids is 1. The fraction of sp³-hybridized carbons (Fsp3) is 0.286. The number of aliphatic carboxylic acids is 1. The lowest BCUT2D eigenvalue weighted by molar-refractivity contribution is -0.132. The van der Waals surface area contributed by atoms with Crippen LogP contribution in [0, 0.1) is 6.92 Å². The van der Waals surface area contributed by atoms with Crippen molar-refractivity contribution in [1.29, 1.82) is 0 Å². The van der Waals surface area contributed by atoms with Crippen LogP contribution in [0.4, 0.5) is 5.13 Å². The lowest BCUT2D eigenvalue weighted by atomic mass is 10.0. The minimum absolute atomic E-state index is 0.0568. The minimum Gasteiger partial charge on any atom is -0.478 e. The van der Waals surface area contributed by atoms with E-state index in [0.29, 0.717) is 0 Å². The average Bonchev–Trinajstić information content (AvgIpc) is 3.05. The van der Waals surface area contributed by atoms with E-state index in [2.05, 4.69) is 15.3 Å². The Labute approximate surface area is 152 Å². The fourth-order valence-corrected chi connectivity index (χ4v) is 5.59. The number of carbonyl (C=O) groups is 2. The molecule has 0 fully saturated rings. The van der Waals surface area contributed by atoms with E-state index < -0.39 is 22.3 Å². The summed E-state index contributed by atoms with van der Waals surface area (Å²) in [5.74, 6) is -1.47. The molecule has 1 aliphatic carbocycles. The number of nitrogens with zero attached hydrogens (tertiary/aromatic N) is 3. The first kappa shape index (κ1) is 18.2. The van der Waals surface area contributed by atoms with E-state index in [1.54, 1.807) is 0 Å². The maximum Gasteiger partial charge on any atom is 0.331 e. The third-order valence-corrected chi connectivity index (χ3v) is 7.09. The number of rotatable bonds is 4. The Balaban J connectivity index is 1.98. The first-order valence-electron chi connectivity index (χ1n) is 7.38. The van der Waals surface area contributed by atoms with Crippen LogP contribution in [0.2, 0.25) is 0 Å². The molecule has 1 aromatic rings. The van der Waals surface area contributed by atoms with Gasteiger partial charge in [0.1, 0.15) is 0 Å². The van der Waals surface area contributed by atoms with E-state index in [1.165, 1.54) is 26.0 Å². The van der Waals surface area contributed by atoms with Gasteiger partial charge in [0.25, 0.3) is 10.0 Å². The summed E-state index contributed by atoms with van der Waals surface area (Å²) in [4.78, 5) is 30.4. The van der Waals surface area contributed by atoms with Crippen LogP contribution in [0.15, 0.2) is 32.6 Å². The first-order chi connectivity index (χ1) is 12.1. The molecule has 1 amide bonds. The highest BCUT2D eigenvalue weighted by atomic mass is 32.2. The topological polar surface area (TPSA) is 155 Å². The molecule has 3 rings (SSSR count). The van der Waals surface area contributed by atoms with Crippen LogP contribution in [-0.4, -0.2) is 46.7 Å². The summed E-state index contributed by atoms with van der Waals surface area (Å²) in [5, 5.41) is 11.7. The Kier molecular flexibility index (Phi) is 4.42. The average molecular weight is 397 g/mol. The maximum atomic E-state index is 13.1. The van der Waals surface area contributed by atoms with E-state index in [9.17, 15) is 18.0 Å². The van der Waals surface area contributed by atoms with Gasteiger partial charge in [0.2, 0.25) is 5.91 Å². The smallest absolute Gasteiger partial charge is 0.331 e. The lowest BCUT2D eigenvalue weighted by Crippen LogP contribution is -2.40. The molecule has 4 N–H and O–H groups in total. The van der Waals surface area contributed by atoms with E-state index in [4.69, 9.17) is 10.8 Å². The van der Waals surface area contributed by atoms with E-state index in [1.807, 2.05) is 0 Å². The number of aromatic nitrogens is 1. The largest absolute Gasteiger partial charge is 0.478 e. The minimum atomic E-state index is -4.09. The fourth-order valence-electron chi connectivity index (χ4n) is 2.59. The zero-order valence-electron chi connectivity index (χ0n) is 13.8. The Morgan fingerprint density at radius 1 is 1.46 bits per heavy atom. The molecule has 1 unspecified atom stereocenters. The molecule has 10 nitrogen and oxygen atoms in total. The summed E-state index contributed by atoms with van der Waals surface area (Å²) in [5.41, 5.74) is 6.63. The number of anilines is 1. The summed E-state index contributed by atoms with van der Waals surface area (Å²) < 4.78 is 27.0. The van der Waals surface area contributed by atoms with E-state index in [-0.39, 0.29) is 44.3 Å². The number of carboxylic acid groups (broad SMARTS) is 1. The number of nitrogens with two attached hydrogens (primary N) is 1. The number of thiazole rings is 1. The van der Waals surface area contributed by atoms with Crippen LogP contribution in [-0.2, 0) is 19.6 Å². The van der Waals surface area contributed by atoms with E-state index in [0.717, 1.165) is 15.6 Å². The number of aliphatic imine (C=N–C) groups is 1. The van der Waals surface area contributed by atoms with Gasteiger partial charge in [-0.25, -0.2) is 19.1 Å². The van der Waals surface area contributed by atoms with Gasteiger partial charge < -0.3 is 10.4 Å². The van der Waals surface area contributed by atoms with Crippen molar-refractivity contribution in [3.8, 4) is 0 Å². The number of hydrogen-bond acceptors (Lipinski definition) is 8. The molecular weight excluding hydrogens is 382 g/mol. The molecule has 0 saturated heterocycles. The second-order valence-corrected chi connectivity index (χ2v) is 8.58. The standard InChI is InChI=1S/C14H15N5O5S2/c1-6-12(25-14(16-6)17-7(2)20)26(23,24)19-10-4-3-8(11(21)22)5-9(10)18-13(19)15/h4-5,13H,3,15H2,1-2H3,(H,21,22)(H,16,17,20). The predicted molar refractivity (Wildman–Crippen MR) is 94.0 cm³/mol. The molecule has 0 spiro atoms. The Morgan fingerprint density at radius 3 is 2.77 bits per heavy atom. The molecule has 12 heteroatoms. The van der Waals surface area contributed by atoms with Gasteiger partial charge >= 0.3 is 5.97 Å². The maximum absolute atomic E-state index is 13.1. The summed E-state index contributed by atoms with van der Waals surface area (Å²) in [6.45, 7) is 2.80. The van der Waals surface area contributed by atoms with Crippen LogP contribution in [0.5, 0.6) is 0 Å². The predicted octanol–water partition coefficient (Wildman–Crippen LogP) is 0.396. The van der Waals surface area contributed by atoms with Crippen LogP contribution in [0.3, 0.4) is 0 Å². The Morgan fingerprint density at radius 2 is 2.15 bits per heavy atom. The van der Waals surface area contributed by atoms with Crippen molar-refractivity contribution < 1.29 is 23.1 Å². The van der Waals surface area contributed by atoms with Crippen LogP contribution in [0.25, 0.3) is 0 Å². The molecule has 26 heavy (non-hydrogen) atoms. The molecule has 1 atom stereocenters. The second kappa shape index (κ2) is 6.30. The third-order valence-electron chi connectivity index (χ3n) is 3.64. The summed E-state index contributed by atoms with van der Waals surface area (Å²) in [6, 6.07) is 0. The van der Waals surface area contributed by atoms with Crippen molar-refractivity contribution in [2.24, 2.45) is 10.7 Å². The normalized spacial score (nSPS) is 19.4. The number of sulfonamides is 1. The van der Waals surface area contributed by atoms with Crippen molar-refractivity contribution in [2.75, 3.05) is 5.32 Å². The number of fused-ring (bicyclic) bond motifs is 1. The molecule has 1 aliphatic heterocycles. The summed E-state index contributed by atoms with van der Waals surface area (Å²) in [6.07, 6.45) is 1.63. The number of aryl methyl sites for hydroxylation is 1. The van der Waals surface area contributed by atoms with Crippen molar-refractivity contribution in [2.45, 2.75) is 30.8 Å². The highest BCUT2D eigenvalue weighted by Crippen LogP contribution is 2.36. The first-order valence-corrected chi connectivity index (χ1v) is 9.64. The Bertz CT molecular complexity index is 1000. The van der Waals surface area contributed by atoms with Crippen LogP contribution >= 0.6 is 11.3 Å². The van der Waals surface area contributed by atoms with Crippen LogP contribution < -0.4 is 11.1 Å². The van der Waals surface area contributed by atoms with Crippen molar-refractivity contribution in [1.82, 2.24) is 9.29 Å². The monoisotopic (exact) mass is 397 g/mol. The van der Waals surface area contributed by atoms with E-state index >= 15 is 0 Å². The third kappa shape index (κ3) is 3.02. The van der Waals surface area contributed by atoms with Gasteiger partial charge in [0.05, 0.1) is 17.1 Å². The molecular formula is C14H15N5O5S2. The molecule has 2 heterocycles. The molecule has 0 radical (unpaired) electrons. The number of allylic oxidation sites excluding steroid dienone is 2. The van der Waals surface area contributed by atoms with Crippen molar-refractivity contribution in [3.63, 3.8) is 0 Å². The summed E-state index contributed by atoms with van der Waals surface area (Å²) in [7, 11) is -4.09. The molecule has 0 aromatic carbocycles. The number of nitrogens with one attached hydrogen (secondary N) is 1. The SMILES string of the molecule is CC(=O)Nc1nc(C)c(S(=O)(=O)N2C3=CCC(C(=O)O)=CC3=NC2N)s1. The second-order valence-electron chi connectivity index (χ2n) is 5.57. The highest BCUT2D eigenvalue weighted by Gasteiger charge is 2.41. The molecule has 0 bridgehead atoms. The van der Waals surface area contributed by atoms with Gasteiger partial charge in [-0.05, 0) is 19.4 Å².